The van der Waals surface area contributed by atoms with E-state index in [1.54, 1.807) is 0 Å². The van der Waals surface area contributed by atoms with Gasteiger partial charge in [0.1, 0.15) is 5.76 Å². The number of rotatable bonds is 3. The Morgan fingerprint density at radius 3 is 2.64 bits per heavy atom. The van der Waals surface area contributed by atoms with E-state index < -0.39 is 0 Å². The fraction of sp³-hybridized carbons (Fsp3) is 0.727. The molecule has 0 bridgehead atoms. The van der Waals surface area contributed by atoms with Crippen LogP contribution in [0, 0.1) is 11.3 Å². The normalized spacial score (nSPS) is 21.3. The summed E-state index contributed by atoms with van der Waals surface area (Å²) in [4.78, 5) is 2.16. The first-order chi connectivity index (χ1) is 6.54. The number of hydrogen-bond acceptors (Lipinski definition) is 3. The van der Waals surface area contributed by atoms with Gasteiger partial charge in [-0.2, -0.15) is 5.26 Å². The fourth-order valence-corrected chi connectivity index (χ4v) is 1.78. The van der Waals surface area contributed by atoms with Gasteiger partial charge < -0.3 is 5.11 Å². The second kappa shape index (κ2) is 4.02. The molecule has 0 radical (unpaired) electrons. The van der Waals surface area contributed by atoms with Crippen LogP contribution in [0.1, 0.15) is 33.6 Å². The van der Waals surface area contributed by atoms with Crippen LogP contribution in [0.15, 0.2) is 11.3 Å². The summed E-state index contributed by atoms with van der Waals surface area (Å²) < 4.78 is 0. The number of unbranched alkanes of at least 4 members (excludes halogenated alkanes) is 1. The van der Waals surface area contributed by atoms with Crippen molar-refractivity contribution >= 4 is 0 Å². The maximum absolute atomic E-state index is 9.80. The van der Waals surface area contributed by atoms with Crippen LogP contribution in [0.25, 0.3) is 0 Å². The highest BCUT2D eigenvalue weighted by atomic mass is 16.3. The Hall–Kier alpha value is -1.01. The molecular formula is C11H18N2O. The molecule has 0 aromatic rings. The van der Waals surface area contributed by atoms with Crippen molar-refractivity contribution in [1.82, 2.24) is 4.90 Å². The molecule has 3 nitrogen and oxygen atoms in total. The minimum Gasteiger partial charge on any atom is -0.509 e. The van der Waals surface area contributed by atoms with E-state index in [0.717, 1.165) is 19.4 Å². The number of nitriles is 1. The lowest BCUT2D eigenvalue weighted by atomic mass is 10.0. The fourth-order valence-electron chi connectivity index (χ4n) is 1.78. The zero-order valence-electron chi connectivity index (χ0n) is 9.17. The average Bonchev–Trinajstić information content (AvgIpc) is 2.37. The lowest BCUT2D eigenvalue weighted by molar-refractivity contribution is 0.145. The number of nitrogens with zero attached hydrogens (tertiary/aromatic N) is 2. The van der Waals surface area contributed by atoms with Crippen LogP contribution in [0.3, 0.4) is 0 Å². The van der Waals surface area contributed by atoms with E-state index >= 15 is 0 Å². The number of aliphatic hydroxyl groups excluding tert-OH is 1. The maximum atomic E-state index is 9.80. The van der Waals surface area contributed by atoms with Gasteiger partial charge >= 0.3 is 0 Å². The van der Waals surface area contributed by atoms with Crippen molar-refractivity contribution < 1.29 is 5.11 Å². The lowest BCUT2D eigenvalue weighted by Crippen LogP contribution is -2.41. The second-order valence-corrected chi connectivity index (χ2v) is 4.27. The molecule has 0 unspecified atom stereocenters. The van der Waals surface area contributed by atoms with Crippen molar-refractivity contribution in [2.75, 3.05) is 13.1 Å². The molecule has 0 amide bonds. The predicted octanol–water partition coefficient (Wildman–Crippen LogP) is 2.22. The molecule has 0 aromatic heterocycles. The topological polar surface area (TPSA) is 47.3 Å². The van der Waals surface area contributed by atoms with E-state index in [2.05, 4.69) is 17.9 Å². The molecule has 0 saturated carbocycles. The quantitative estimate of drug-likeness (QED) is 0.749. The first-order valence-corrected chi connectivity index (χ1v) is 5.11. The van der Waals surface area contributed by atoms with Crippen LogP contribution in [0.2, 0.25) is 0 Å². The molecule has 1 N–H and O–H groups in total. The zero-order chi connectivity index (χ0) is 10.8. The number of hydrogen-bond donors (Lipinski definition) is 1. The standard InChI is InChI=1S/C11H18N2O/c1-4-5-6-13-8-9(7-12)10(14)11(13,2)3/h14H,4-6,8H2,1-3H3. The van der Waals surface area contributed by atoms with E-state index in [-0.39, 0.29) is 11.3 Å². The van der Waals surface area contributed by atoms with Crippen molar-refractivity contribution in [1.29, 1.82) is 5.26 Å². The van der Waals surface area contributed by atoms with Crippen LogP contribution in [0.4, 0.5) is 0 Å². The third-order valence-corrected chi connectivity index (χ3v) is 2.92. The summed E-state index contributed by atoms with van der Waals surface area (Å²) in [6, 6.07) is 2.06. The van der Waals surface area contributed by atoms with Gasteiger partial charge in [-0.25, -0.2) is 0 Å². The summed E-state index contributed by atoms with van der Waals surface area (Å²) in [5.74, 6) is 0.246. The highest BCUT2D eigenvalue weighted by Crippen LogP contribution is 2.32. The van der Waals surface area contributed by atoms with Gasteiger partial charge in [-0.1, -0.05) is 13.3 Å². The summed E-state index contributed by atoms with van der Waals surface area (Å²) >= 11 is 0. The smallest absolute Gasteiger partial charge is 0.127 e. The summed E-state index contributed by atoms with van der Waals surface area (Å²) in [6.07, 6.45) is 2.24. The van der Waals surface area contributed by atoms with Gasteiger partial charge in [0, 0.05) is 6.54 Å². The van der Waals surface area contributed by atoms with Gasteiger partial charge in [0.05, 0.1) is 17.2 Å². The van der Waals surface area contributed by atoms with Crippen molar-refractivity contribution in [2.45, 2.75) is 39.2 Å². The predicted molar refractivity (Wildman–Crippen MR) is 55.8 cm³/mol. The van der Waals surface area contributed by atoms with Crippen molar-refractivity contribution in [3.8, 4) is 6.07 Å². The Kier molecular flexibility index (Phi) is 3.17. The van der Waals surface area contributed by atoms with Crippen LogP contribution < -0.4 is 0 Å². The molecule has 1 rings (SSSR count). The third-order valence-electron chi connectivity index (χ3n) is 2.92. The Balaban J connectivity index is 2.75. The van der Waals surface area contributed by atoms with Gasteiger partial charge in [-0.15, -0.1) is 0 Å². The Bertz CT molecular complexity index is 286. The van der Waals surface area contributed by atoms with Crippen molar-refractivity contribution in [3.05, 3.63) is 11.3 Å². The molecule has 14 heavy (non-hydrogen) atoms. The van der Waals surface area contributed by atoms with Crippen LogP contribution in [0.5, 0.6) is 0 Å². The molecule has 0 spiro atoms. The lowest BCUT2D eigenvalue weighted by Gasteiger charge is -2.31. The SMILES string of the molecule is CCCCN1CC(C#N)=C(O)C1(C)C. The van der Waals surface area contributed by atoms with E-state index in [0.29, 0.717) is 12.1 Å². The Morgan fingerprint density at radius 1 is 1.57 bits per heavy atom. The maximum Gasteiger partial charge on any atom is 0.127 e. The summed E-state index contributed by atoms with van der Waals surface area (Å²) in [5.41, 5.74) is 0.159. The first-order valence-electron chi connectivity index (χ1n) is 5.11. The van der Waals surface area contributed by atoms with Gasteiger partial charge in [-0.3, -0.25) is 4.90 Å². The zero-order valence-corrected chi connectivity index (χ0v) is 9.17. The first kappa shape index (κ1) is 11.1. The van der Waals surface area contributed by atoms with Crippen LogP contribution >= 0.6 is 0 Å². The van der Waals surface area contributed by atoms with Gasteiger partial charge in [0.15, 0.2) is 0 Å². The Morgan fingerprint density at radius 2 is 2.21 bits per heavy atom. The van der Waals surface area contributed by atoms with Crippen LogP contribution in [-0.2, 0) is 0 Å². The van der Waals surface area contributed by atoms with E-state index in [4.69, 9.17) is 5.26 Å². The third kappa shape index (κ3) is 1.76. The van der Waals surface area contributed by atoms with E-state index in [9.17, 15) is 5.11 Å². The molecule has 0 saturated heterocycles. The van der Waals surface area contributed by atoms with Gasteiger partial charge in [0.25, 0.3) is 0 Å². The second-order valence-electron chi connectivity index (χ2n) is 4.27. The molecule has 78 valence electrons. The molecule has 1 heterocycles. The van der Waals surface area contributed by atoms with Crippen molar-refractivity contribution in [2.24, 2.45) is 0 Å². The molecule has 1 aliphatic heterocycles. The van der Waals surface area contributed by atoms with E-state index in [1.807, 2.05) is 13.8 Å². The summed E-state index contributed by atoms with van der Waals surface area (Å²) in [6.45, 7) is 7.60. The van der Waals surface area contributed by atoms with E-state index in [1.165, 1.54) is 0 Å². The molecule has 1 aliphatic rings. The minimum absolute atomic E-state index is 0.246. The largest absolute Gasteiger partial charge is 0.509 e. The summed E-state index contributed by atoms with van der Waals surface area (Å²) in [7, 11) is 0. The highest BCUT2D eigenvalue weighted by molar-refractivity contribution is 5.36. The molecular weight excluding hydrogens is 176 g/mol. The molecule has 3 heteroatoms. The molecule has 0 atom stereocenters. The number of aliphatic hydroxyl groups is 1. The minimum atomic E-state index is -0.361. The average molecular weight is 194 g/mol. The van der Waals surface area contributed by atoms with Gasteiger partial charge in [0.2, 0.25) is 0 Å². The highest BCUT2D eigenvalue weighted by Gasteiger charge is 2.39. The molecule has 0 fully saturated rings. The monoisotopic (exact) mass is 194 g/mol. The van der Waals surface area contributed by atoms with Crippen molar-refractivity contribution in [3.63, 3.8) is 0 Å². The molecule has 0 aliphatic carbocycles. The molecule has 0 aromatic carbocycles. The Labute approximate surface area is 85.6 Å². The van der Waals surface area contributed by atoms with Crippen LogP contribution in [-0.4, -0.2) is 28.6 Å². The summed E-state index contributed by atoms with van der Waals surface area (Å²) in [5, 5.41) is 18.6. The van der Waals surface area contributed by atoms with Gasteiger partial charge in [-0.05, 0) is 26.8 Å².